The van der Waals surface area contributed by atoms with Crippen molar-refractivity contribution >= 4 is 5.97 Å². The maximum atomic E-state index is 12.7. The van der Waals surface area contributed by atoms with E-state index in [0.29, 0.717) is 22.4 Å². The molecular weight excluding hydrogens is 369 g/mol. The summed E-state index contributed by atoms with van der Waals surface area (Å²) in [6, 6.07) is 19.2. The summed E-state index contributed by atoms with van der Waals surface area (Å²) in [6.07, 6.45) is -4.65. The van der Waals surface area contributed by atoms with Crippen LogP contribution in [0.4, 0.5) is 13.2 Å². The van der Waals surface area contributed by atoms with Gasteiger partial charge in [0.2, 0.25) is 0 Å². The van der Waals surface area contributed by atoms with E-state index < -0.39 is 17.7 Å². The van der Waals surface area contributed by atoms with Gasteiger partial charge in [0.25, 0.3) is 0 Å². The first kappa shape index (κ1) is 19.5. The van der Waals surface area contributed by atoms with E-state index in [1.165, 1.54) is 12.1 Å². The van der Waals surface area contributed by atoms with Gasteiger partial charge >= 0.3 is 12.1 Å². The van der Waals surface area contributed by atoms with E-state index in [2.05, 4.69) is 0 Å². The molecule has 0 fully saturated rings. The minimum Gasteiger partial charge on any atom is -0.489 e. The third-order valence-electron chi connectivity index (χ3n) is 4.18. The summed E-state index contributed by atoms with van der Waals surface area (Å²) in [4.78, 5) is 11.2. The highest BCUT2D eigenvalue weighted by Crippen LogP contribution is 2.32. The van der Waals surface area contributed by atoms with Gasteiger partial charge < -0.3 is 9.84 Å². The van der Waals surface area contributed by atoms with Crippen LogP contribution in [0, 0.1) is 0 Å². The fourth-order valence-electron chi connectivity index (χ4n) is 2.79. The summed E-state index contributed by atoms with van der Waals surface area (Å²) < 4.78 is 43.9. The van der Waals surface area contributed by atoms with E-state index in [1.54, 1.807) is 18.2 Å². The lowest BCUT2D eigenvalue weighted by Gasteiger charge is -2.13. The topological polar surface area (TPSA) is 46.5 Å². The van der Waals surface area contributed by atoms with Crippen molar-refractivity contribution in [1.29, 1.82) is 0 Å². The zero-order valence-electron chi connectivity index (χ0n) is 14.7. The zero-order chi connectivity index (χ0) is 20.1. The van der Waals surface area contributed by atoms with Gasteiger partial charge in [-0.3, -0.25) is 4.79 Å². The quantitative estimate of drug-likeness (QED) is 0.602. The lowest BCUT2D eigenvalue weighted by atomic mass is 9.99. The Bertz CT molecular complexity index is 949. The lowest BCUT2D eigenvalue weighted by Crippen LogP contribution is -2.05. The Labute approximate surface area is 160 Å². The number of carbonyl (C=O) groups is 1. The number of hydrogen-bond acceptors (Lipinski definition) is 2. The minimum atomic E-state index is -4.40. The number of ether oxygens (including phenoxy) is 1. The van der Waals surface area contributed by atoms with Crippen LogP contribution >= 0.6 is 0 Å². The molecule has 0 bridgehead atoms. The van der Waals surface area contributed by atoms with Crippen molar-refractivity contribution in [2.45, 2.75) is 19.2 Å². The molecule has 0 aliphatic carbocycles. The Balaban J connectivity index is 1.86. The fourth-order valence-corrected chi connectivity index (χ4v) is 2.79. The summed E-state index contributed by atoms with van der Waals surface area (Å²) in [5.41, 5.74) is 1.85. The average Bonchev–Trinajstić information content (AvgIpc) is 2.67. The molecule has 0 spiro atoms. The van der Waals surface area contributed by atoms with Gasteiger partial charge in [0.15, 0.2) is 0 Å². The van der Waals surface area contributed by atoms with Crippen LogP contribution < -0.4 is 4.74 Å². The normalized spacial score (nSPS) is 11.2. The van der Waals surface area contributed by atoms with Crippen LogP contribution in [0.1, 0.15) is 16.7 Å². The molecular formula is C22H17F3O3. The molecule has 1 N–H and O–H groups in total. The van der Waals surface area contributed by atoms with Crippen LogP contribution in [-0.2, 0) is 24.0 Å². The summed E-state index contributed by atoms with van der Waals surface area (Å²) >= 11 is 0. The molecule has 0 saturated carbocycles. The van der Waals surface area contributed by atoms with Crippen molar-refractivity contribution in [1.82, 2.24) is 0 Å². The van der Waals surface area contributed by atoms with Gasteiger partial charge in [0, 0.05) is 5.56 Å². The Morgan fingerprint density at radius 2 is 1.54 bits per heavy atom. The number of halogens is 3. The lowest BCUT2D eigenvalue weighted by molar-refractivity contribution is -0.138. The monoisotopic (exact) mass is 386 g/mol. The van der Waals surface area contributed by atoms with Gasteiger partial charge in [-0.2, -0.15) is 13.2 Å². The number of aliphatic carboxylic acids is 1. The molecule has 0 unspecified atom stereocenters. The minimum absolute atomic E-state index is 0.251. The van der Waals surface area contributed by atoms with Crippen molar-refractivity contribution in [3.8, 4) is 16.9 Å². The van der Waals surface area contributed by atoms with Gasteiger partial charge in [-0.05, 0) is 41.0 Å². The molecule has 0 aliphatic heterocycles. The molecule has 144 valence electrons. The van der Waals surface area contributed by atoms with Gasteiger partial charge in [-0.15, -0.1) is 0 Å². The number of carboxylic acid groups (broad SMARTS) is 1. The number of benzene rings is 3. The second kappa shape index (κ2) is 8.17. The molecule has 0 saturated heterocycles. The predicted molar refractivity (Wildman–Crippen MR) is 99.0 cm³/mol. The largest absolute Gasteiger partial charge is 0.489 e. The molecule has 0 aliphatic rings. The highest BCUT2D eigenvalue weighted by molar-refractivity contribution is 5.74. The maximum Gasteiger partial charge on any atom is 0.416 e. The molecule has 3 aromatic carbocycles. The molecule has 3 rings (SSSR count). The number of alkyl halides is 3. The highest BCUT2D eigenvalue weighted by Gasteiger charge is 2.30. The molecule has 3 nitrogen and oxygen atoms in total. The van der Waals surface area contributed by atoms with E-state index in [-0.39, 0.29) is 13.0 Å². The fraction of sp³-hybridized carbons (Fsp3) is 0.136. The number of carboxylic acids is 1. The summed E-state index contributed by atoms with van der Waals surface area (Å²) in [5.74, 6) is -0.587. The van der Waals surface area contributed by atoms with Gasteiger partial charge in [0.05, 0.1) is 12.0 Å². The van der Waals surface area contributed by atoms with E-state index in [4.69, 9.17) is 4.74 Å². The molecule has 28 heavy (non-hydrogen) atoms. The highest BCUT2D eigenvalue weighted by atomic mass is 19.4. The Kier molecular flexibility index (Phi) is 5.68. The van der Waals surface area contributed by atoms with E-state index in [1.807, 2.05) is 30.3 Å². The summed E-state index contributed by atoms with van der Waals surface area (Å²) in [7, 11) is 0. The molecule has 0 aromatic heterocycles. The Hall–Kier alpha value is -3.28. The smallest absolute Gasteiger partial charge is 0.416 e. The molecule has 3 aromatic rings. The van der Waals surface area contributed by atoms with Crippen molar-refractivity contribution < 1.29 is 27.8 Å². The SMILES string of the molecule is O=C(O)Cc1cc(-c2ccc(C(F)(F)F)cc2)ccc1OCc1ccccc1. The van der Waals surface area contributed by atoms with E-state index >= 15 is 0 Å². The van der Waals surface area contributed by atoms with Crippen LogP contribution in [0.3, 0.4) is 0 Å². The first-order valence-electron chi connectivity index (χ1n) is 8.52. The molecule has 0 heterocycles. The molecule has 6 heteroatoms. The van der Waals surface area contributed by atoms with Crippen molar-refractivity contribution in [2.24, 2.45) is 0 Å². The third-order valence-corrected chi connectivity index (χ3v) is 4.18. The van der Waals surface area contributed by atoms with Crippen LogP contribution in [0.2, 0.25) is 0 Å². The van der Waals surface area contributed by atoms with Crippen molar-refractivity contribution in [3.63, 3.8) is 0 Å². The predicted octanol–water partition coefficient (Wildman–Crippen LogP) is 5.58. The van der Waals surface area contributed by atoms with Crippen LogP contribution in [0.25, 0.3) is 11.1 Å². The first-order chi connectivity index (χ1) is 13.3. The van der Waals surface area contributed by atoms with Crippen molar-refractivity contribution in [3.05, 3.63) is 89.5 Å². The van der Waals surface area contributed by atoms with Crippen LogP contribution in [0.5, 0.6) is 5.75 Å². The van der Waals surface area contributed by atoms with Gasteiger partial charge in [-0.25, -0.2) is 0 Å². The Morgan fingerprint density at radius 3 is 2.14 bits per heavy atom. The number of hydrogen-bond donors (Lipinski definition) is 1. The van der Waals surface area contributed by atoms with E-state index in [0.717, 1.165) is 17.7 Å². The third kappa shape index (κ3) is 4.91. The summed E-state index contributed by atoms with van der Waals surface area (Å²) in [5, 5.41) is 9.18. The Morgan fingerprint density at radius 1 is 0.893 bits per heavy atom. The number of rotatable bonds is 6. The zero-order valence-corrected chi connectivity index (χ0v) is 14.7. The average molecular weight is 386 g/mol. The molecule has 0 radical (unpaired) electrons. The van der Waals surface area contributed by atoms with Crippen molar-refractivity contribution in [2.75, 3.05) is 0 Å². The second-order valence-corrected chi connectivity index (χ2v) is 6.24. The maximum absolute atomic E-state index is 12.7. The van der Waals surface area contributed by atoms with Crippen LogP contribution in [-0.4, -0.2) is 11.1 Å². The first-order valence-corrected chi connectivity index (χ1v) is 8.52. The standard InChI is InChI=1S/C22H17F3O3/c23-22(24,25)19-9-6-16(7-10-19)17-8-11-20(18(12-17)13-21(26)27)28-14-15-4-2-1-3-5-15/h1-12H,13-14H2,(H,26,27). The van der Waals surface area contributed by atoms with E-state index in [9.17, 15) is 23.1 Å². The molecule has 0 amide bonds. The summed E-state index contributed by atoms with van der Waals surface area (Å²) in [6.45, 7) is 0.285. The second-order valence-electron chi connectivity index (χ2n) is 6.24. The van der Waals surface area contributed by atoms with Crippen LogP contribution in [0.15, 0.2) is 72.8 Å². The van der Waals surface area contributed by atoms with Gasteiger partial charge in [0.1, 0.15) is 12.4 Å². The molecule has 0 atom stereocenters. The van der Waals surface area contributed by atoms with Gasteiger partial charge in [-0.1, -0.05) is 48.5 Å².